The van der Waals surface area contributed by atoms with E-state index >= 15 is 0 Å². The summed E-state index contributed by atoms with van der Waals surface area (Å²) in [4.78, 5) is 43.3. The lowest BCUT2D eigenvalue weighted by atomic mass is 9.66. The fourth-order valence-corrected chi connectivity index (χ4v) is 7.28. The third kappa shape index (κ3) is 5.82. The number of carboxylic acids is 1. The van der Waals surface area contributed by atoms with Crippen LogP contribution in [-0.4, -0.2) is 67.3 Å². The van der Waals surface area contributed by atoms with Gasteiger partial charge in [0.25, 0.3) is 6.43 Å². The number of rotatable bonds is 8. The molecule has 3 heterocycles. The van der Waals surface area contributed by atoms with Gasteiger partial charge in [-0.3, -0.25) is 14.4 Å². The van der Waals surface area contributed by atoms with Gasteiger partial charge in [0.15, 0.2) is 0 Å². The summed E-state index contributed by atoms with van der Waals surface area (Å²) in [5.41, 5.74) is -0.489. The Morgan fingerprint density at radius 1 is 1.23 bits per heavy atom. The molecule has 3 aliphatic rings. The number of aryl methyl sites for hydroxylation is 1. The number of ether oxygens (including phenoxy) is 1. The normalized spacial score (nSPS) is 25.3. The number of halogens is 3. The standard InChI is InChI=1S/C30H38ClF2N5O5/c1-29(2)13-23(39)37(16-29)14-21-24-17(10-12-38(21)27(40)18-7-5-6-11-30(18,3)28(41)42)19(31)8-9-22(24)43-15-20-25(26(32)33)36(4)35-34-20/h8-9,18,21,26H,5-7,10-16H2,1-4H3,(H,41,42)/t18?,21-,30?/m1/s1. The number of carbonyl (C=O) groups excluding carboxylic acids is 2. The number of aliphatic carboxylic acids is 1. The van der Waals surface area contributed by atoms with Crippen molar-refractivity contribution < 1.29 is 33.0 Å². The number of alkyl halides is 2. The summed E-state index contributed by atoms with van der Waals surface area (Å²) in [6, 6.07) is 2.62. The molecule has 0 radical (unpaired) electrons. The first kappa shape index (κ1) is 31.2. The number of hydrogen-bond acceptors (Lipinski definition) is 6. The maximum atomic E-state index is 14.4. The van der Waals surface area contributed by atoms with Crippen LogP contribution in [0.4, 0.5) is 8.78 Å². The molecule has 0 spiro atoms. The van der Waals surface area contributed by atoms with E-state index in [1.807, 2.05) is 13.8 Å². The topological polar surface area (TPSA) is 118 Å². The third-order valence-corrected chi connectivity index (χ3v) is 9.71. The number of hydrogen-bond donors (Lipinski definition) is 1. The van der Waals surface area contributed by atoms with Crippen molar-refractivity contribution in [2.24, 2.45) is 23.8 Å². The molecule has 2 aromatic rings. The highest BCUT2D eigenvalue weighted by molar-refractivity contribution is 6.31. The van der Waals surface area contributed by atoms with E-state index in [9.17, 15) is 28.3 Å². The maximum absolute atomic E-state index is 14.4. The molecule has 0 bridgehead atoms. The van der Waals surface area contributed by atoms with E-state index in [1.54, 1.807) is 28.9 Å². The highest BCUT2D eigenvalue weighted by Crippen LogP contribution is 2.47. The molecular formula is C30H38ClF2N5O5. The molecule has 3 atom stereocenters. The molecule has 43 heavy (non-hydrogen) atoms. The zero-order valence-corrected chi connectivity index (χ0v) is 25.7. The lowest BCUT2D eigenvalue weighted by Crippen LogP contribution is -2.52. The molecule has 2 unspecified atom stereocenters. The van der Waals surface area contributed by atoms with Crippen molar-refractivity contribution in [1.82, 2.24) is 24.8 Å². The van der Waals surface area contributed by atoms with Crippen LogP contribution < -0.4 is 4.74 Å². The van der Waals surface area contributed by atoms with Gasteiger partial charge in [-0.25, -0.2) is 13.5 Å². The van der Waals surface area contributed by atoms with Gasteiger partial charge >= 0.3 is 5.97 Å². The Morgan fingerprint density at radius 3 is 2.63 bits per heavy atom. The van der Waals surface area contributed by atoms with Gasteiger partial charge in [0.2, 0.25) is 11.8 Å². The highest BCUT2D eigenvalue weighted by Gasteiger charge is 2.50. The third-order valence-electron chi connectivity index (χ3n) is 9.36. The highest BCUT2D eigenvalue weighted by atomic mass is 35.5. The largest absolute Gasteiger partial charge is 0.487 e. The van der Waals surface area contributed by atoms with Gasteiger partial charge in [-0.05, 0) is 49.3 Å². The Kier molecular flexibility index (Phi) is 8.45. The zero-order chi connectivity index (χ0) is 31.3. The van der Waals surface area contributed by atoms with Crippen molar-refractivity contribution in [3.05, 3.63) is 39.7 Å². The molecule has 1 saturated carbocycles. The number of amides is 2. The lowest BCUT2D eigenvalue weighted by Gasteiger charge is -2.45. The second-order valence-corrected chi connectivity index (χ2v) is 13.4. The second-order valence-electron chi connectivity index (χ2n) is 13.0. The number of likely N-dealkylation sites (tertiary alicyclic amines) is 1. The van der Waals surface area contributed by atoms with Crippen LogP contribution in [0.25, 0.3) is 0 Å². The number of carboxylic acid groups (broad SMARTS) is 1. The number of benzene rings is 1. The molecule has 2 fully saturated rings. The first-order valence-electron chi connectivity index (χ1n) is 14.7. The van der Waals surface area contributed by atoms with Crippen molar-refractivity contribution in [1.29, 1.82) is 0 Å². The summed E-state index contributed by atoms with van der Waals surface area (Å²) >= 11 is 6.68. The smallest absolute Gasteiger partial charge is 0.310 e. The first-order chi connectivity index (χ1) is 20.2. The SMILES string of the molecule is Cn1nnc(COc2ccc(Cl)c3c2[C@@H](CN2CC(C)(C)CC2=O)N(C(=O)C2CCCCC2(C)C(=O)O)CC3)c1C(F)F. The van der Waals surface area contributed by atoms with Gasteiger partial charge in [0, 0.05) is 43.7 Å². The predicted octanol–water partition coefficient (Wildman–Crippen LogP) is 4.95. The van der Waals surface area contributed by atoms with E-state index < -0.39 is 29.8 Å². The van der Waals surface area contributed by atoms with Crippen LogP contribution in [-0.2, 0) is 34.5 Å². The zero-order valence-electron chi connectivity index (χ0n) is 24.9. The minimum absolute atomic E-state index is 0.0163. The minimum atomic E-state index is -2.80. The Morgan fingerprint density at radius 2 is 1.98 bits per heavy atom. The van der Waals surface area contributed by atoms with Gasteiger partial charge < -0.3 is 19.6 Å². The molecule has 1 aromatic heterocycles. The van der Waals surface area contributed by atoms with Crippen LogP contribution in [0.2, 0.25) is 5.02 Å². The van der Waals surface area contributed by atoms with Crippen LogP contribution in [0, 0.1) is 16.7 Å². The Bertz CT molecular complexity index is 1430. The van der Waals surface area contributed by atoms with Crippen molar-refractivity contribution in [2.75, 3.05) is 19.6 Å². The van der Waals surface area contributed by atoms with Crippen molar-refractivity contribution in [3.63, 3.8) is 0 Å². The van der Waals surface area contributed by atoms with E-state index in [4.69, 9.17) is 16.3 Å². The number of fused-ring (bicyclic) bond motifs is 1. The number of aromatic nitrogens is 3. The molecule has 1 aliphatic carbocycles. The lowest BCUT2D eigenvalue weighted by molar-refractivity contribution is -0.162. The Balaban J connectivity index is 1.55. The van der Waals surface area contributed by atoms with Gasteiger partial charge in [0.05, 0.1) is 17.4 Å². The van der Waals surface area contributed by atoms with Gasteiger partial charge in [-0.2, -0.15) is 0 Å². The summed E-state index contributed by atoms with van der Waals surface area (Å²) in [5.74, 6) is -1.70. The summed E-state index contributed by atoms with van der Waals surface area (Å²) < 4.78 is 34.5. The summed E-state index contributed by atoms with van der Waals surface area (Å²) in [5, 5.41) is 18.2. The van der Waals surface area contributed by atoms with E-state index in [2.05, 4.69) is 10.3 Å². The molecule has 1 N–H and O–H groups in total. The fraction of sp³-hybridized carbons (Fsp3) is 0.633. The molecule has 1 saturated heterocycles. The van der Waals surface area contributed by atoms with Gasteiger partial charge in [0.1, 0.15) is 23.7 Å². The Labute approximate surface area is 254 Å². The molecule has 1 aromatic carbocycles. The van der Waals surface area contributed by atoms with Crippen molar-refractivity contribution in [2.45, 2.75) is 78.4 Å². The molecule has 13 heteroatoms. The quantitative estimate of drug-likeness (QED) is 0.443. The van der Waals surface area contributed by atoms with E-state index in [0.29, 0.717) is 48.6 Å². The van der Waals surface area contributed by atoms with Crippen LogP contribution in [0.1, 0.15) is 87.9 Å². The van der Waals surface area contributed by atoms with Crippen molar-refractivity contribution >= 4 is 29.4 Å². The predicted molar refractivity (Wildman–Crippen MR) is 153 cm³/mol. The van der Waals surface area contributed by atoms with Gasteiger partial charge in [-0.15, -0.1) is 5.10 Å². The van der Waals surface area contributed by atoms with Gasteiger partial charge in [-0.1, -0.05) is 43.5 Å². The first-order valence-corrected chi connectivity index (χ1v) is 15.0. The van der Waals surface area contributed by atoms with E-state index in [-0.39, 0.29) is 48.3 Å². The second kappa shape index (κ2) is 11.7. The number of nitrogens with zero attached hydrogens (tertiary/aromatic N) is 5. The average molecular weight is 622 g/mol. The molecule has 2 amide bonds. The molecule has 10 nitrogen and oxygen atoms in total. The fourth-order valence-electron chi connectivity index (χ4n) is 7.03. The summed E-state index contributed by atoms with van der Waals surface area (Å²) in [7, 11) is 1.38. The van der Waals surface area contributed by atoms with Crippen LogP contribution in [0.15, 0.2) is 12.1 Å². The van der Waals surface area contributed by atoms with Crippen LogP contribution >= 0.6 is 11.6 Å². The molecule has 5 rings (SSSR count). The van der Waals surface area contributed by atoms with E-state index in [1.165, 1.54) is 7.05 Å². The molecule has 234 valence electrons. The van der Waals surface area contributed by atoms with Crippen LogP contribution in [0.3, 0.4) is 0 Å². The molecule has 2 aliphatic heterocycles. The van der Waals surface area contributed by atoms with E-state index in [0.717, 1.165) is 23.1 Å². The maximum Gasteiger partial charge on any atom is 0.310 e. The Hall–Kier alpha value is -3.28. The summed E-state index contributed by atoms with van der Waals surface area (Å²) in [6.07, 6.45) is 0.277. The number of carbonyl (C=O) groups is 3. The van der Waals surface area contributed by atoms with Crippen molar-refractivity contribution in [3.8, 4) is 5.75 Å². The molecular weight excluding hydrogens is 584 g/mol. The average Bonchev–Trinajstić information content (AvgIpc) is 3.44. The summed E-state index contributed by atoms with van der Waals surface area (Å²) in [6.45, 7) is 6.31. The minimum Gasteiger partial charge on any atom is -0.487 e. The van der Waals surface area contributed by atoms with Crippen LogP contribution in [0.5, 0.6) is 5.75 Å². The monoisotopic (exact) mass is 621 g/mol.